The molecule has 5 heteroatoms. The van der Waals surface area contributed by atoms with Crippen molar-refractivity contribution in [3.63, 3.8) is 0 Å². The molecular formula is C32H35O3PS. The molecule has 4 aromatic rings. The Bertz CT molecular complexity index is 1260. The molecule has 0 saturated heterocycles. The monoisotopic (exact) mass is 530 g/mol. The third kappa shape index (κ3) is 6.38. The van der Waals surface area contributed by atoms with Crippen molar-refractivity contribution in [2.24, 2.45) is 0 Å². The average Bonchev–Trinajstić information content (AvgIpc) is 2.94. The molecule has 0 aliphatic rings. The second-order valence-electron chi connectivity index (χ2n) is 9.70. The standard InChI is InChI=1S/C32H35O3PS/c1-3-26(2)28-21-19-27(20-22-28)25-32(37(33,34)35)23-24-36(29-13-7-4-8-14-29,30-15-9-5-10-16-30)31-17-11-6-12-18-31/h4-22,26,32H,3,23-25H2,1-2H3. The van der Waals surface area contributed by atoms with E-state index in [9.17, 15) is 13.0 Å². The van der Waals surface area contributed by atoms with Crippen molar-refractivity contribution in [1.82, 2.24) is 0 Å². The van der Waals surface area contributed by atoms with Crippen LogP contribution >= 0.6 is 7.26 Å². The highest BCUT2D eigenvalue weighted by Crippen LogP contribution is 2.56. The van der Waals surface area contributed by atoms with E-state index in [1.807, 2.05) is 66.7 Å². The predicted molar refractivity (Wildman–Crippen MR) is 157 cm³/mol. The third-order valence-corrected chi connectivity index (χ3v) is 13.1. The summed E-state index contributed by atoms with van der Waals surface area (Å²) in [6.07, 6.45) is 2.17. The van der Waals surface area contributed by atoms with Crippen molar-refractivity contribution in [3.8, 4) is 0 Å². The fraction of sp³-hybridized carbons (Fsp3) is 0.250. The molecule has 0 spiro atoms. The molecule has 192 valence electrons. The Kier molecular flexibility index (Phi) is 8.97. The molecule has 37 heavy (non-hydrogen) atoms. The van der Waals surface area contributed by atoms with Crippen molar-refractivity contribution in [2.45, 2.75) is 44.3 Å². The van der Waals surface area contributed by atoms with Crippen LogP contribution in [-0.4, -0.2) is 24.4 Å². The van der Waals surface area contributed by atoms with E-state index in [2.05, 4.69) is 62.4 Å². The zero-order valence-corrected chi connectivity index (χ0v) is 23.2. The molecule has 0 bridgehead atoms. The van der Waals surface area contributed by atoms with E-state index >= 15 is 0 Å². The Labute approximate surface area is 222 Å². The average molecular weight is 531 g/mol. The zero-order valence-electron chi connectivity index (χ0n) is 21.5. The number of hydrogen-bond donors (Lipinski definition) is 0. The largest absolute Gasteiger partial charge is 0.748 e. The molecule has 0 radical (unpaired) electrons. The van der Waals surface area contributed by atoms with Gasteiger partial charge >= 0.3 is 0 Å². The fourth-order valence-corrected chi connectivity index (χ4v) is 10.4. The molecule has 4 aromatic carbocycles. The van der Waals surface area contributed by atoms with Crippen LogP contribution < -0.4 is 15.9 Å². The Morgan fingerprint density at radius 1 is 0.703 bits per heavy atom. The van der Waals surface area contributed by atoms with Gasteiger partial charge in [-0.1, -0.05) is 92.7 Å². The van der Waals surface area contributed by atoms with Gasteiger partial charge < -0.3 is 4.55 Å². The maximum atomic E-state index is 12.5. The third-order valence-electron chi connectivity index (χ3n) is 7.41. The molecular weight excluding hydrogens is 495 g/mol. The summed E-state index contributed by atoms with van der Waals surface area (Å²) in [6, 6.07) is 39.2. The molecule has 0 heterocycles. The molecule has 2 unspecified atom stereocenters. The minimum absolute atomic E-state index is 0.227. The van der Waals surface area contributed by atoms with E-state index < -0.39 is 22.6 Å². The number of hydrogen-bond acceptors (Lipinski definition) is 3. The molecule has 0 aliphatic carbocycles. The van der Waals surface area contributed by atoms with Crippen LogP contribution in [0.3, 0.4) is 0 Å². The molecule has 0 saturated carbocycles. The van der Waals surface area contributed by atoms with Gasteiger partial charge in [0.2, 0.25) is 0 Å². The second kappa shape index (κ2) is 12.2. The Morgan fingerprint density at radius 2 is 1.14 bits per heavy atom. The topological polar surface area (TPSA) is 57.2 Å². The normalized spacial score (nSPS) is 13.7. The van der Waals surface area contributed by atoms with Crippen LogP contribution in [0.4, 0.5) is 0 Å². The Hall–Kier alpha value is -2.78. The molecule has 0 fully saturated rings. The summed E-state index contributed by atoms with van der Waals surface area (Å²) in [5, 5.41) is 2.57. The summed E-state index contributed by atoms with van der Waals surface area (Å²) in [7, 11) is -6.71. The van der Waals surface area contributed by atoms with Crippen LogP contribution in [0.15, 0.2) is 115 Å². The molecule has 0 amide bonds. The lowest BCUT2D eigenvalue weighted by Gasteiger charge is -2.30. The van der Waals surface area contributed by atoms with E-state index in [4.69, 9.17) is 0 Å². The number of benzene rings is 4. The van der Waals surface area contributed by atoms with Gasteiger partial charge in [0.25, 0.3) is 0 Å². The van der Waals surface area contributed by atoms with E-state index in [0.29, 0.717) is 18.5 Å². The van der Waals surface area contributed by atoms with Crippen molar-refractivity contribution in [3.05, 3.63) is 126 Å². The summed E-state index contributed by atoms with van der Waals surface area (Å²) in [4.78, 5) is 0. The quantitative estimate of drug-likeness (QED) is 0.175. The van der Waals surface area contributed by atoms with Gasteiger partial charge in [-0.25, -0.2) is 8.42 Å². The van der Waals surface area contributed by atoms with Crippen molar-refractivity contribution >= 4 is 33.3 Å². The van der Waals surface area contributed by atoms with Gasteiger partial charge in [-0.2, -0.15) is 0 Å². The first kappa shape index (κ1) is 27.3. The summed E-state index contributed by atoms with van der Waals surface area (Å²) < 4.78 is 37.6. The van der Waals surface area contributed by atoms with Crippen molar-refractivity contribution in [1.29, 1.82) is 0 Å². The lowest BCUT2D eigenvalue weighted by Crippen LogP contribution is -2.35. The first-order chi connectivity index (χ1) is 17.8. The van der Waals surface area contributed by atoms with Gasteiger partial charge in [0.15, 0.2) is 0 Å². The molecule has 0 N–H and O–H groups in total. The van der Waals surface area contributed by atoms with Crippen LogP contribution in [0, 0.1) is 0 Å². The van der Waals surface area contributed by atoms with Crippen LogP contribution in [0.5, 0.6) is 0 Å². The fourth-order valence-electron chi connectivity index (χ4n) is 5.05. The van der Waals surface area contributed by atoms with Crippen LogP contribution in [0.2, 0.25) is 0 Å². The molecule has 0 aliphatic heterocycles. The van der Waals surface area contributed by atoms with E-state index in [1.54, 1.807) is 0 Å². The smallest absolute Gasteiger partial charge is 0.112 e. The Morgan fingerprint density at radius 3 is 1.51 bits per heavy atom. The van der Waals surface area contributed by atoms with Crippen molar-refractivity contribution < 1.29 is 13.0 Å². The van der Waals surface area contributed by atoms with E-state index in [-0.39, 0.29) is 6.42 Å². The van der Waals surface area contributed by atoms with Gasteiger partial charge in [-0.15, -0.1) is 0 Å². The summed E-state index contributed by atoms with van der Waals surface area (Å²) in [5.41, 5.74) is 2.12. The maximum absolute atomic E-state index is 12.5. The lowest BCUT2D eigenvalue weighted by molar-refractivity contribution is 0.445. The molecule has 2 atom stereocenters. The lowest BCUT2D eigenvalue weighted by atomic mass is 9.96. The molecule has 4 rings (SSSR count). The van der Waals surface area contributed by atoms with E-state index in [1.165, 1.54) is 21.5 Å². The zero-order chi connectivity index (χ0) is 26.3. The van der Waals surface area contributed by atoms with Gasteiger partial charge in [-0.05, 0) is 72.7 Å². The highest BCUT2D eigenvalue weighted by molar-refractivity contribution is 7.95. The van der Waals surface area contributed by atoms with E-state index in [0.717, 1.165) is 12.0 Å². The Balaban J connectivity index is 1.73. The van der Waals surface area contributed by atoms with Crippen LogP contribution in [0.25, 0.3) is 0 Å². The molecule has 3 nitrogen and oxygen atoms in total. The van der Waals surface area contributed by atoms with Gasteiger partial charge in [0.05, 0.1) is 21.5 Å². The minimum Gasteiger partial charge on any atom is -0.748 e. The predicted octanol–water partition coefficient (Wildman–Crippen LogP) is 6.04. The minimum atomic E-state index is -4.50. The number of rotatable bonds is 11. The molecule has 0 aromatic heterocycles. The summed E-state index contributed by atoms with van der Waals surface area (Å²) in [6.45, 7) is 4.33. The first-order valence-corrected chi connectivity index (χ1v) is 16.4. The van der Waals surface area contributed by atoms with Gasteiger partial charge in [0.1, 0.15) is 23.2 Å². The van der Waals surface area contributed by atoms with Crippen molar-refractivity contribution in [2.75, 3.05) is 6.16 Å². The highest BCUT2D eigenvalue weighted by Gasteiger charge is 2.45. The van der Waals surface area contributed by atoms with Crippen LogP contribution in [-0.2, 0) is 16.5 Å². The maximum Gasteiger partial charge on any atom is 0.112 e. The van der Waals surface area contributed by atoms with Gasteiger partial charge in [0, 0.05) is 0 Å². The second-order valence-corrected chi connectivity index (χ2v) is 15.0. The van der Waals surface area contributed by atoms with Gasteiger partial charge in [-0.3, -0.25) is 0 Å². The highest BCUT2D eigenvalue weighted by atomic mass is 32.2. The summed E-state index contributed by atoms with van der Waals surface area (Å²) >= 11 is 0. The SMILES string of the molecule is CCC(C)c1ccc(CC(CC[P+](c2ccccc2)(c2ccccc2)c2ccccc2)S(=O)(=O)[O-])cc1. The summed E-state index contributed by atoms with van der Waals surface area (Å²) in [5.74, 6) is 0.445. The first-order valence-electron chi connectivity index (χ1n) is 12.9. The van der Waals surface area contributed by atoms with Crippen LogP contribution in [0.1, 0.15) is 43.7 Å².